The highest BCUT2D eigenvalue weighted by Crippen LogP contribution is 2.32. The van der Waals surface area contributed by atoms with Gasteiger partial charge in [0.15, 0.2) is 0 Å². The van der Waals surface area contributed by atoms with E-state index in [9.17, 15) is 9.59 Å². The van der Waals surface area contributed by atoms with Gasteiger partial charge in [-0.15, -0.1) is 0 Å². The first-order valence-electron chi connectivity index (χ1n) is 14.4. The van der Waals surface area contributed by atoms with Crippen LogP contribution in [0.25, 0.3) is 0 Å². The van der Waals surface area contributed by atoms with E-state index in [1.165, 1.54) is 25.7 Å². The monoisotopic (exact) mass is 570 g/mol. The second-order valence-electron chi connectivity index (χ2n) is 13.2. The summed E-state index contributed by atoms with van der Waals surface area (Å²) in [6.45, 7) is 17.0. The zero-order valence-corrected chi connectivity index (χ0v) is 25.1. The molecule has 0 bridgehead atoms. The van der Waals surface area contributed by atoms with Crippen molar-refractivity contribution in [2.45, 2.75) is 115 Å². The van der Waals surface area contributed by atoms with Crippen molar-refractivity contribution in [1.82, 2.24) is 20.4 Å². The summed E-state index contributed by atoms with van der Waals surface area (Å²) in [5, 5.41) is 22.0. The number of aliphatic carboxylic acids is 2. The molecule has 4 saturated heterocycles. The predicted octanol–water partition coefficient (Wildman–Crippen LogP) is 3.43. The average Bonchev–Trinajstić information content (AvgIpc) is 3.48. The van der Waals surface area contributed by atoms with E-state index in [0.29, 0.717) is 11.1 Å². The molecule has 4 rings (SSSR count). The third-order valence-electron chi connectivity index (χ3n) is 7.59. The first-order chi connectivity index (χ1) is 18.4. The quantitative estimate of drug-likeness (QED) is 0.318. The maximum Gasteiger partial charge on any atom is 0.414 e. The highest BCUT2D eigenvalue weighted by atomic mass is 16.6. The van der Waals surface area contributed by atoms with E-state index in [1.54, 1.807) is 0 Å². The molecular formula is C28H50N4O8. The lowest BCUT2D eigenvalue weighted by molar-refractivity contribution is -0.159. The molecule has 0 atom stereocenters. The minimum absolute atomic E-state index is 0.162. The Balaban J connectivity index is 0.000000234. The van der Waals surface area contributed by atoms with Gasteiger partial charge in [0, 0.05) is 37.3 Å². The molecule has 4 heterocycles. The Kier molecular flexibility index (Phi) is 11.6. The number of amides is 2. The molecule has 4 aliphatic heterocycles. The van der Waals surface area contributed by atoms with E-state index in [2.05, 4.69) is 10.6 Å². The van der Waals surface area contributed by atoms with E-state index in [4.69, 9.17) is 29.3 Å². The van der Waals surface area contributed by atoms with Crippen molar-refractivity contribution in [3.63, 3.8) is 0 Å². The van der Waals surface area contributed by atoms with Gasteiger partial charge in [-0.25, -0.2) is 19.2 Å². The van der Waals surface area contributed by atoms with Gasteiger partial charge < -0.3 is 40.1 Å². The molecule has 0 aromatic carbocycles. The molecule has 0 aromatic rings. The number of nitrogens with one attached hydrogen (secondary N) is 2. The summed E-state index contributed by atoms with van der Waals surface area (Å²) >= 11 is 0. The molecule has 2 amide bonds. The minimum Gasteiger partial charge on any atom is -0.473 e. The smallest absolute Gasteiger partial charge is 0.414 e. The Hall–Kier alpha value is -2.60. The number of hydrogen-bond acceptors (Lipinski definition) is 8. The molecule has 0 saturated carbocycles. The third-order valence-corrected chi connectivity index (χ3v) is 7.59. The number of carbonyl (C=O) groups excluding carboxylic acids is 2. The third kappa shape index (κ3) is 11.1. The number of rotatable bonds is 0. The van der Waals surface area contributed by atoms with Gasteiger partial charge in [0.1, 0.15) is 11.2 Å². The average molecular weight is 571 g/mol. The molecule has 0 aromatic heterocycles. The number of likely N-dealkylation sites (tertiary alicyclic amines) is 2. The summed E-state index contributed by atoms with van der Waals surface area (Å²) in [4.78, 5) is 45.7. The Morgan fingerprint density at radius 1 is 0.600 bits per heavy atom. The number of carboxylic acids is 2. The zero-order chi connectivity index (χ0) is 30.2. The summed E-state index contributed by atoms with van der Waals surface area (Å²) in [6.07, 6.45) is 8.98. The van der Waals surface area contributed by atoms with Crippen LogP contribution in [0, 0.1) is 0 Å². The number of piperidine rings is 2. The van der Waals surface area contributed by atoms with E-state index in [-0.39, 0.29) is 12.2 Å². The fourth-order valence-electron chi connectivity index (χ4n) is 5.48. The van der Waals surface area contributed by atoms with Gasteiger partial charge in [-0.3, -0.25) is 0 Å². The summed E-state index contributed by atoms with van der Waals surface area (Å²) in [5.74, 6) is -3.65. The largest absolute Gasteiger partial charge is 0.473 e. The molecule has 40 heavy (non-hydrogen) atoms. The first-order valence-corrected chi connectivity index (χ1v) is 14.4. The van der Waals surface area contributed by atoms with Crippen LogP contribution in [0.5, 0.6) is 0 Å². The number of nitrogens with zero attached hydrogens (tertiary/aromatic N) is 2. The molecule has 230 valence electrons. The van der Waals surface area contributed by atoms with Crippen molar-refractivity contribution < 1.29 is 38.9 Å². The van der Waals surface area contributed by atoms with Crippen molar-refractivity contribution in [2.24, 2.45) is 0 Å². The summed E-state index contributed by atoms with van der Waals surface area (Å²) < 4.78 is 10.8. The molecule has 12 heteroatoms. The molecule has 0 unspecified atom stereocenters. The van der Waals surface area contributed by atoms with Crippen LogP contribution in [0.4, 0.5) is 9.59 Å². The van der Waals surface area contributed by atoms with Gasteiger partial charge in [0.05, 0.1) is 0 Å². The number of carboxylic acid groups (broad SMARTS) is 2. The fourth-order valence-corrected chi connectivity index (χ4v) is 5.48. The molecule has 0 radical (unpaired) electrons. The van der Waals surface area contributed by atoms with Crippen LogP contribution in [0.1, 0.15) is 92.9 Å². The fraction of sp³-hybridized carbons (Fsp3) is 0.857. The lowest BCUT2D eigenvalue weighted by Gasteiger charge is -2.39. The van der Waals surface area contributed by atoms with Gasteiger partial charge in [-0.1, -0.05) is 0 Å². The van der Waals surface area contributed by atoms with Crippen LogP contribution in [-0.4, -0.2) is 106 Å². The second-order valence-corrected chi connectivity index (χ2v) is 13.2. The lowest BCUT2D eigenvalue weighted by Crippen LogP contribution is -2.52. The highest BCUT2D eigenvalue weighted by Gasteiger charge is 2.39. The van der Waals surface area contributed by atoms with Crippen molar-refractivity contribution in [3.05, 3.63) is 0 Å². The summed E-state index contributed by atoms with van der Waals surface area (Å²) in [6, 6.07) is 0. The molecular weight excluding hydrogens is 520 g/mol. The zero-order valence-electron chi connectivity index (χ0n) is 25.1. The van der Waals surface area contributed by atoms with Crippen molar-refractivity contribution >= 4 is 24.1 Å². The van der Waals surface area contributed by atoms with Gasteiger partial charge in [-0.2, -0.15) is 0 Å². The van der Waals surface area contributed by atoms with E-state index in [1.807, 2.05) is 51.3 Å². The van der Waals surface area contributed by atoms with Crippen LogP contribution < -0.4 is 10.6 Å². The predicted molar refractivity (Wildman–Crippen MR) is 149 cm³/mol. The number of ether oxygens (including phenoxy) is 2. The molecule has 4 fully saturated rings. The van der Waals surface area contributed by atoms with Crippen LogP contribution in [-0.2, 0) is 19.1 Å². The van der Waals surface area contributed by atoms with Crippen LogP contribution >= 0.6 is 0 Å². The molecule has 0 aliphatic carbocycles. The Bertz CT molecular complexity index is 792. The maximum absolute atomic E-state index is 11.9. The van der Waals surface area contributed by atoms with Crippen LogP contribution in [0.3, 0.4) is 0 Å². The standard InChI is InChI=1S/2C13H24N2O2.C2H2O4/c2*1-12(2,3)17-11(16)15-9-6-13(7-10-15)5-4-8-14-13;3-1(4)2(5)6/h2*14H,4-10H2,1-3H3;(H,3,4)(H,5,6). The highest BCUT2D eigenvalue weighted by molar-refractivity contribution is 6.27. The van der Waals surface area contributed by atoms with Crippen molar-refractivity contribution in [3.8, 4) is 0 Å². The van der Waals surface area contributed by atoms with Gasteiger partial charge in [-0.05, 0) is 106 Å². The van der Waals surface area contributed by atoms with E-state index in [0.717, 1.165) is 65.0 Å². The van der Waals surface area contributed by atoms with Crippen molar-refractivity contribution in [2.75, 3.05) is 39.3 Å². The molecule has 12 nitrogen and oxygen atoms in total. The van der Waals surface area contributed by atoms with Gasteiger partial charge >= 0.3 is 24.1 Å². The van der Waals surface area contributed by atoms with Gasteiger partial charge in [0.25, 0.3) is 0 Å². The molecule has 4 N–H and O–H groups in total. The Morgan fingerprint density at radius 3 is 1.10 bits per heavy atom. The Morgan fingerprint density at radius 2 is 0.900 bits per heavy atom. The topological polar surface area (TPSA) is 158 Å². The second kappa shape index (κ2) is 13.8. The minimum atomic E-state index is -1.82. The lowest BCUT2D eigenvalue weighted by atomic mass is 9.86. The summed E-state index contributed by atoms with van der Waals surface area (Å²) in [7, 11) is 0. The van der Waals surface area contributed by atoms with Crippen LogP contribution in [0.15, 0.2) is 0 Å². The van der Waals surface area contributed by atoms with E-state index >= 15 is 0 Å². The first kappa shape index (κ1) is 33.6. The SMILES string of the molecule is CC(C)(C)OC(=O)N1CCC2(CCCN2)CC1.CC(C)(C)OC(=O)N1CCC2(CCCN2)CC1.O=C(O)C(=O)O. The summed E-state index contributed by atoms with van der Waals surface area (Å²) in [5.41, 5.74) is -0.146. The molecule has 2 spiro atoms. The van der Waals surface area contributed by atoms with Crippen LogP contribution in [0.2, 0.25) is 0 Å². The number of hydrogen-bond donors (Lipinski definition) is 4. The normalized spacial score (nSPS) is 21.6. The van der Waals surface area contributed by atoms with Crippen molar-refractivity contribution in [1.29, 1.82) is 0 Å². The maximum atomic E-state index is 11.9. The van der Waals surface area contributed by atoms with E-state index < -0.39 is 23.1 Å². The van der Waals surface area contributed by atoms with Gasteiger partial charge in [0.2, 0.25) is 0 Å². The number of carbonyl (C=O) groups is 4. The molecule has 4 aliphatic rings. The Labute approximate surface area is 238 Å².